The van der Waals surface area contributed by atoms with Crippen molar-refractivity contribution in [3.05, 3.63) is 16.9 Å². The zero-order valence-corrected chi connectivity index (χ0v) is 12.3. The number of hydrogen-bond donors (Lipinski definition) is 2. The number of rotatable bonds is 7. The average Bonchev–Trinajstić information content (AvgIpc) is 2.64. The predicted molar refractivity (Wildman–Crippen MR) is 74.4 cm³/mol. The highest BCUT2D eigenvalue weighted by Crippen LogP contribution is 2.22. The van der Waals surface area contributed by atoms with Crippen LogP contribution in [0.15, 0.2) is 6.20 Å². The molecule has 18 heavy (non-hydrogen) atoms. The molecule has 3 N–H and O–H groups in total. The summed E-state index contributed by atoms with van der Waals surface area (Å²) in [4.78, 5) is 4.17. The zero-order valence-electron chi connectivity index (χ0n) is 11.5. The Labute approximate surface area is 114 Å². The van der Waals surface area contributed by atoms with E-state index in [1.165, 1.54) is 0 Å². The molecule has 0 aliphatic carbocycles. The van der Waals surface area contributed by atoms with Crippen LogP contribution in [0.25, 0.3) is 0 Å². The Morgan fingerprint density at radius 2 is 2.06 bits per heavy atom. The first kappa shape index (κ1) is 15.4. The Balaban J connectivity index is 2.87. The largest absolute Gasteiger partial charge is 0.308 e. The highest BCUT2D eigenvalue weighted by molar-refractivity contribution is 6.31. The van der Waals surface area contributed by atoms with Crippen molar-refractivity contribution in [1.82, 2.24) is 25.0 Å². The summed E-state index contributed by atoms with van der Waals surface area (Å²) in [5.41, 5.74) is 3.74. The molecule has 0 fully saturated rings. The van der Waals surface area contributed by atoms with E-state index >= 15 is 0 Å². The number of nitrogens with zero attached hydrogens (tertiary/aromatic N) is 4. The van der Waals surface area contributed by atoms with Gasteiger partial charge >= 0.3 is 0 Å². The Morgan fingerprint density at radius 1 is 1.39 bits per heavy atom. The lowest BCUT2D eigenvalue weighted by atomic mass is 10.2. The maximum absolute atomic E-state index is 6.21. The van der Waals surface area contributed by atoms with Gasteiger partial charge in [0.25, 0.3) is 0 Å². The van der Waals surface area contributed by atoms with Crippen LogP contribution < -0.4 is 11.3 Å². The van der Waals surface area contributed by atoms with Crippen molar-refractivity contribution < 1.29 is 0 Å². The van der Waals surface area contributed by atoms with Gasteiger partial charge in [0.05, 0.1) is 29.5 Å². The molecule has 0 aliphatic heterocycles. The molecule has 0 saturated carbocycles. The molecule has 1 unspecified atom stereocenters. The lowest BCUT2D eigenvalue weighted by molar-refractivity contribution is 0.321. The van der Waals surface area contributed by atoms with Crippen LogP contribution in [0.1, 0.15) is 11.7 Å². The molecule has 1 aromatic heterocycles. The third-order valence-corrected chi connectivity index (χ3v) is 2.96. The van der Waals surface area contributed by atoms with E-state index < -0.39 is 0 Å². The molecular weight excluding hydrogens is 252 g/mol. The maximum atomic E-state index is 6.21. The summed E-state index contributed by atoms with van der Waals surface area (Å²) in [7, 11) is 8.06. The van der Waals surface area contributed by atoms with Crippen molar-refractivity contribution in [2.45, 2.75) is 12.6 Å². The van der Waals surface area contributed by atoms with Crippen LogP contribution >= 0.6 is 11.6 Å². The SMILES string of the molecule is CN(C)CCn1ncc(Cl)c1C(CN(C)C)NN. The molecule has 104 valence electrons. The van der Waals surface area contributed by atoms with Gasteiger partial charge in [-0.1, -0.05) is 11.6 Å². The third kappa shape index (κ3) is 4.22. The molecule has 1 heterocycles. The minimum absolute atomic E-state index is 0.0304. The summed E-state index contributed by atoms with van der Waals surface area (Å²) >= 11 is 6.21. The highest BCUT2D eigenvalue weighted by atomic mass is 35.5. The molecule has 7 heteroatoms. The number of aromatic nitrogens is 2. The molecule has 1 rings (SSSR count). The molecule has 6 nitrogen and oxygen atoms in total. The molecule has 0 amide bonds. The summed E-state index contributed by atoms with van der Waals surface area (Å²) in [6.45, 7) is 2.47. The zero-order chi connectivity index (χ0) is 13.7. The van der Waals surface area contributed by atoms with E-state index in [9.17, 15) is 0 Å². The van der Waals surface area contributed by atoms with Gasteiger partial charge in [0, 0.05) is 13.1 Å². The molecular formula is C11H23ClN6. The number of nitrogens with one attached hydrogen (secondary N) is 1. The first-order valence-electron chi connectivity index (χ1n) is 5.92. The van der Waals surface area contributed by atoms with Crippen LogP contribution in [0.5, 0.6) is 0 Å². The Kier molecular flexibility index (Phi) is 6.04. The van der Waals surface area contributed by atoms with Gasteiger partial charge in [-0.15, -0.1) is 0 Å². The lowest BCUT2D eigenvalue weighted by Gasteiger charge is -2.22. The van der Waals surface area contributed by atoms with Crippen LogP contribution in [0.2, 0.25) is 5.02 Å². The van der Waals surface area contributed by atoms with Gasteiger partial charge in [0.1, 0.15) is 0 Å². The maximum Gasteiger partial charge on any atom is 0.0835 e. The topological polar surface area (TPSA) is 62.4 Å². The summed E-state index contributed by atoms with van der Waals surface area (Å²) in [5, 5.41) is 4.96. The molecule has 0 saturated heterocycles. The van der Waals surface area contributed by atoms with Crippen LogP contribution in [0.4, 0.5) is 0 Å². The molecule has 0 aliphatic rings. The van der Waals surface area contributed by atoms with E-state index in [0.717, 1.165) is 25.3 Å². The van der Waals surface area contributed by atoms with Gasteiger partial charge in [-0.3, -0.25) is 16.0 Å². The van der Waals surface area contributed by atoms with Gasteiger partial charge in [-0.2, -0.15) is 5.10 Å². The van der Waals surface area contributed by atoms with Crippen LogP contribution in [-0.2, 0) is 6.54 Å². The third-order valence-electron chi connectivity index (χ3n) is 2.67. The second-order valence-electron chi connectivity index (χ2n) is 4.89. The standard InChI is InChI=1S/C11H23ClN6/c1-16(2)5-6-18-11(9(12)7-14-18)10(15-13)8-17(3)4/h7,10,15H,5-6,8,13H2,1-4H3. The van der Waals surface area contributed by atoms with E-state index in [1.807, 2.05) is 32.9 Å². The molecule has 0 spiro atoms. The second kappa shape index (κ2) is 7.06. The summed E-state index contributed by atoms with van der Waals surface area (Å²) in [6.07, 6.45) is 1.67. The van der Waals surface area contributed by atoms with Crippen LogP contribution in [-0.4, -0.2) is 60.9 Å². The number of hydrazine groups is 1. The summed E-state index contributed by atoms with van der Waals surface area (Å²) in [5.74, 6) is 5.62. The summed E-state index contributed by atoms with van der Waals surface area (Å²) < 4.78 is 1.91. The van der Waals surface area contributed by atoms with E-state index in [4.69, 9.17) is 17.4 Å². The minimum atomic E-state index is -0.0304. The van der Waals surface area contributed by atoms with Gasteiger partial charge < -0.3 is 9.80 Å². The van der Waals surface area contributed by atoms with E-state index in [-0.39, 0.29) is 6.04 Å². The van der Waals surface area contributed by atoms with Gasteiger partial charge in [0.15, 0.2) is 0 Å². The Hall–Kier alpha value is -0.660. The first-order valence-corrected chi connectivity index (χ1v) is 6.30. The lowest BCUT2D eigenvalue weighted by Crippen LogP contribution is -2.37. The van der Waals surface area contributed by atoms with E-state index in [1.54, 1.807) is 6.20 Å². The Morgan fingerprint density at radius 3 is 2.56 bits per heavy atom. The van der Waals surface area contributed by atoms with Crippen molar-refractivity contribution >= 4 is 11.6 Å². The highest BCUT2D eigenvalue weighted by Gasteiger charge is 2.19. The molecule has 1 atom stereocenters. The van der Waals surface area contributed by atoms with E-state index in [2.05, 4.69) is 20.3 Å². The van der Waals surface area contributed by atoms with E-state index in [0.29, 0.717) is 5.02 Å². The molecule has 0 aromatic carbocycles. The van der Waals surface area contributed by atoms with Crippen molar-refractivity contribution in [3.63, 3.8) is 0 Å². The van der Waals surface area contributed by atoms with Crippen molar-refractivity contribution in [3.8, 4) is 0 Å². The fraction of sp³-hybridized carbons (Fsp3) is 0.727. The molecule has 1 aromatic rings. The smallest absolute Gasteiger partial charge is 0.0835 e. The number of likely N-dealkylation sites (N-methyl/N-ethyl adjacent to an activating group) is 2. The monoisotopic (exact) mass is 274 g/mol. The number of nitrogens with two attached hydrogens (primary N) is 1. The average molecular weight is 275 g/mol. The molecule has 0 radical (unpaired) electrons. The van der Waals surface area contributed by atoms with Gasteiger partial charge in [0.2, 0.25) is 0 Å². The van der Waals surface area contributed by atoms with Crippen LogP contribution in [0.3, 0.4) is 0 Å². The summed E-state index contributed by atoms with van der Waals surface area (Å²) in [6, 6.07) is -0.0304. The first-order chi connectivity index (χ1) is 8.45. The minimum Gasteiger partial charge on any atom is -0.308 e. The Bertz CT molecular complexity index is 362. The van der Waals surface area contributed by atoms with Gasteiger partial charge in [-0.25, -0.2) is 0 Å². The van der Waals surface area contributed by atoms with Crippen molar-refractivity contribution in [1.29, 1.82) is 0 Å². The quantitative estimate of drug-likeness (QED) is 0.548. The predicted octanol–water partition coefficient (Wildman–Crippen LogP) is 0.164. The number of hydrogen-bond acceptors (Lipinski definition) is 5. The second-order valence-corrected chi connectivity index (χ2v) is 5.29. The van der Waals surface area contributed by atoms with Crippen LogP contribution in [0, 0.1) is 0 Å². The normalized spacial score (nSPS) is 13.6. The van der Waals surface area contributed by atoms with Crippen molar-refractivity contribution in [2.24, 2.45) is 5.84 Å². The number of halogens is 1. The fourth-order valence-corrected chi connectivity index (χ4v) is 2.05. The van der Waals surface area contributed by atoms with Gasteiger partial charge in [-0.05, 0) is 28.2 Å². The van der Waals surface area contributed by atoms with Crippen molar-refractivity contribution in [2.75, 3.05) is 41.3 Å². The molecule has 0 bridgehead atoms. The fourth-order valence-electron chi connectivity index (χ4n) is 1.77.